The predicted molar refractivity (Wildman–Crippen MR) is 131 cm³/mol. The topological polar surface area (TPSA) is 58.6 Å². The minimum Gasteiger partial charge on any atom is -0.494 e. The molecule has 2 heterocycles. The molecule has 1 aliphatic heterocycles. The molecule has 0 spiro atoms. The van der Waals surface area contributed by atoms with E-state index in [-0.39, 0.29) is 5.91 Å². The van der Waals surface area contributed by atoms with E-state index in [4.69, 9.17) is 4.74 Å². The first kappa shape index (κ1) is 20.9. The van der Waals surface area contributed by atoms with E-state index >= 15 is 0 Å². The fourth-order valence-electron chi connectivity index (χ4n) is 4.18. The maximum atomic E-state index is 13.0. The van der Waals surface area contributed by atoms with Crippen molar-refractivity contribution in [2.24, 2.45) is 0 Å². The van der Waals surface area contributed by atoms with Gasteiger partial charge in [-0.1, -0.05) is 30.3 Å². The number of nitrogens with zero attached hydrogens (tertiary/aromatic N) is 4. The Kier molecular flexibility index (Phi) is 5.89. The molecule has 0 N–H and O–H groups in total. The van der Waals surface area contributed by atoms with Gasteiger partial charge in [-0.3, -0.25) is 4.79 Å². The first-order valence-corrected chi connectivity index (χ1v) is 11.3. The van der Waals surface area contributed by atoms with Gasteiger partial charge in [-0.05, 0) is 66.2 Å². The highest BCUT2D eigenvalue weighted by molar-refractivity contribution is 5.98. The van der Waals surface area contributed by atoms with E-state index in [1.165, 1.54) is 0 Å². The zero-order chi connectivity index (χ0) is 22.6. The highest BCUT2D eigenvalue weighted by atomic mass is 16.5. The summed E-state index contributed by atoms with van der Waals surface area (Å²) in [4.78, 5) is 17.1. The normalized spacial score (nSPS) is 13.8. The van der Waals surface area contributed by atoms with Crippen LogP contribution in [0.1, 0.15) is 17.3 Å². The molecule has 1 fully saturated rings. The number of amides is 1. The molecule has 5 rings (SSSR count). The number of benzene rings is 3. The van der Waals surface area contributed by atoms with Crippen LogP contribution in [-0.4, -0.2) is 53.8 Å². The molecule has 0 radical (unpaired) electrons. The van der Waals surface area contributed by atoms with Crippen LogP contribution in [0.2, 0.25) is 0 Å². The number of fused-ring (bicyclic) bond motifs is 1. The summed E-state index contributed by atoms with van der Waals surface area (Å²) in [6.45, 7) is 5.40. The molecule has 1 saturated heterocycles. The summed E-state index contributed by atoms with van der Waals surface area (Å²) in [7, 11) is 0. The minimum atomic E-state index is 0.0809. The molecule has 1 aliphatic rings. The first-order chi connectivity index (χ1) is 16.2. The lowest BCUT2D eigenvalue weighted by Gasteiger charge is -2.35. The van der Waals surface area contributed by atoms with E-state index in [2.05, 4.69) is 21.2 Å². The standard InChI is InChI=1S/C27H26N4O2/c1-2-33-24-11-9-21(10-12-24)25-13-14-26(29-28-25)30-15-17-31(18-16-30)27(32)23-8-7-20-5-3-4-6-22(20)19-23/h3-14,19H,2,15-18H2,1H3. The molecule has 33 heavy (non-hydrogen) atoms. The van der Waals surface area contributed by atoms with Crippen LogP contribution in [0.15, 0.2) is 78.9 Å². The molecule has 0 saturated carbocycles. The molecule has 0 unspecified atom stereocenters. The number of ether oxygens (including phenoxy) is 1. The molecule has 0 atom stereocenters. The zero-order valence-electron chi connectivity index (χ0n) is 18.6. The van der Waals surface area contributed by atoms with Crippen molar-refractivity contribution < 1.29 is 9.53 Å². The van der Waals surface area contributed by atoms with Crippen LogP contribution in [0.5, 0.6) is 5.75 Å². The molecular weight excluding hydrogens is 412 g/mol. The van der Waals surface area contributed by atoms with Crippen molar-refractivity contribution in [3.8, 4) is 17.0 Å². The lowest BCUT2D eigenvalue weighted by atomic mass is 10.1. The van der Waals surface area contributed by atoms with Gasteiger partial charge in [-0.25, -0.2) is 0 Å². The van der Waals surface area contributed by atoms with Gasteiger partial charge < -0.3 is 14.5 Å². The zero-order valence-corrected chi connectivity index (χ0v) is 18.6. The fourth-order valence-corrected chi connectivity index (χ4v) is 4.18. The third-order valence-corrected chi connectivity index (χ3v) is 6.00. The van der Waals surface area contributed by atoms with Crippen LogP contribution >= 0.6 is 0 Å². The number of carbonyl (C=O) groups is 1. The van der Waals surface area contributed by atoms with Crippen molar-refractivity contribution in [2.45, 2.75) is 6.92 Å². The largest absolute Gasteiger partial charge is 0.494 e. The summed E-state index contributed by atoms with van der Waals surface area (Å²) >= 11 is 0. The Labute approximate surface area is 193 Å². The van der Waals surface area contributed by atoms with Crippen LogP contribution in [0, 0.1) is 0 Å². The third kappa shape index (κ3) is 4.51. The molecular formula is C27H26N4O2. The Morgan fingerprint density at radius 3 is 2.30 bits per heavy atom. The van der Waals surface area contributed by atoms with Crippen LogP contribution in [0.4, 0.5) is 5.82 Å². The maximum absolute atomic E-state index is 13.0. The quantitative estimate of drug-likeness (QED) is 0.454. The second kappa shape index (κ2) is 9.28. The van der Waals surface area contributed by atoms with Crippen molar-refractivity contribution in [3.05, 3.63) is 84.4 Å². The average molecular weight is 439 g/mol. The summed E-state index contributed by atoms with van der Waals surface area (Å²) in [5, 5.41) is 11.1. The number of anilines is 1. The molecule has 4 aromatic rings. The molecule has 0 aliphatic carbocycles. The van der Waals surface area contributed by atoms with E-state index in [9.17, 15) is 4.79 Å². The van der Waals surface area contributed by atoms with Crippen molar-refractivity contribution in [3.63, 3.8) is 0 Å². The van der Waals surface area contributed by atoms with Gasteiger partial charge in [0, 0.05) is 37.3 Å². The Morgan fingerprint density at radius 1 is 0.848 bits per heavy atom. The van der Waals surface area contributed by atoms with Crippen molar-refractivity contribution >= 4 is 22.5 Å². The van der Waals surface area contributed by atoms with Crippen LogP contribution < -0.4 is 9.64 Å². The SMILES string of the molecule is CCOc1ccc(-c2ccc(N3CCN(C(=O)c4ccc5ccccc5c4)CC3)nn2)cc1. The van der Waals surface area contributed by atoms with E-state index in [1.807, 2.05) is 84.6 Å². The Bertz CT molecular complexity index is 1250. The summed E-state index contributed by atoms with van der Waals surface area (Å²) < 4.78 is 5.50. The Balaban J connectivity index is 1.21. The van der Waals surface area contributed by atoms with Crippen molar-refractivity contribution in [1.82, 2.24) is 15.1 Å². The number of hydrogen-bond donors (Lipinski definition) is 0. The molecule has 6 heteroatoms. The van der Waals surface area contributed by atoms with Gasteiger partial charge in [-0.15, -0.1) is 10.2 Å². The lowest BCUT2D eigenvalue weighted by Crippen LogP contribution is -2.49. The predicted octanol–water partition coefficient (Wildman–Crippen LogP) is 4.66. The minimum absolute atomic E-state index is 0.0809. The molecule has 166 valence electrons. The molecule has 3 aromatic carbocycles. The Morgan fingerprint density at radius 2 is 1.61 bits per heavy atom. The molecule has 1 amide bonds. The van der Waals surface area contributed by atoms with E-state index < -0.39 is 0 Å². The summed E-state index contributed by atoms with van der Waals surface area (Å²) in [6.07, 6.45) is 0. The highest BCUT2D eigenvalue weighted by Crippen LogP contribution is 2.23. The van der Waals surface area contributed by atoms with Gasteiger partial charge in [0.05, 0.1) is 12.3 Å². The van der Waals surface area contributed by atoms with Crippen molar-refractivity contribution in [1.29, 1.82) is 0 Å². The van der Waals surface area contributed by atoms with E-state index in [0.717, 1.165) is 52.3 Å². The van der Waals surface area contributed by atoms with Gasteiger partial charge >= 0.3 is 0 Å². The first-order valence-electron chi connectivity index (χ1n) is 11.3. The van der Waals surface area contributed by atoms with E-state index in [0.29, 0.717) is 19.7 Å². The van der Waals surface area contributed by atoms with Crippen LogP contribution in [-0.2, 0) is 0 Å². The fraction of sp³-hybridized carbons (Fsp3) is 0.222. The molecule has 0 bridgehead atoms. The third-order valence-electron chi connectivity index (χ3n) is 6.00. The maximum Gasteiger partial charge on any atom is 0.253 e. The van der Waals surface area contributed by atoms with Gasteiger partial charge in [0.2, 0.25) is 0 Å². The van der Waals surface area contributed by atoms with E-state index in [1.54, 1.807) is 0 Å². The number of piperazine rings is 1. The second-order valence-electron chi connectivity index (χ2n) is 8.08. The Hall–Kier alpha value is -3.93. The van der Waals surface area contributed by atoms with Crippen molar-refractivity contribution in [2.75, 3.05) is 37.7 Å². The summed E-state index contributed by atoms with van der Waals surface area (Å²) in [6, 6.07) is 25.9. The van der Waals surface area contributed by atoms with Gasteiger partial charge in [0.25, 0.3) is 5.91 Å². The highest BCUT2D eigenvalue weighted by Gasteiger charge is 2.23. The molecule has 6 nitrogen and oxygen atoms in total. The second-order valence-corrected chi connectivity index (χ2v) is 8.08. The lowest BCUT2D eigenvalue weighted by molar-refractivity contribution is 0.0746. The average Bonchev–Trinajstić information content (AvgIpc) is 2.89. The smallest absolute Gasteiger partial charge is 0.253 e. The van der Waals surface area contributed by atoms with Gasteiger partial charge in [-0.2, -0.15) is 0 Å². The number of hydrogen-bond acceptors (Lipinski definition) is 5. The van der Waals surface area contributed by atoms with Gasteiger partial charge in [0.1, 0.15) is 5.75 Å². The number of rotatable bonds is 5. The van der Waals surface area contributed by atoms with Gasteiger partial charge in [0.15, 0.2) is 5.82 Å². The van der Waals surface area contributed by atoms with Crippen LogP contribution in [0.25, 0.3) is 22.0 Å². The molecule has 1 aromatic heterocycles. The number of carbonyl (C=O) groups excluding carboxylic acids is 1. The monoisotopic (exact) mass is 438 g/mol. The number of aromatic nitrogens is 2. The summed E-state index contributed by atoms with van der Waals surface area (Å²) in [5.41, 5.74) is 2.57. The summed E-state index contributed by atoms with van der Waals surface area (Å²) in [5.74, 6) is 1.77. The van der Waals surface area contributed by atoms with Crippen LogP contribution in [0.3, 0.4) is 0 Å².